The minimum atomic E-state index is -4.64. The summed E-state index contributed by atoms with van der Waals surface area (Å²) in [4.78, 5) is 31.5. The van der Waals surface area contributed by atoms with Crippen LogP contribution in [0.15, 0.2) is 0 Å². The molecule has 0 fully saturated rings. The number of phosphoric acid groups is 1. The molecule has 0 unspecified atom stereocenters. The van der Waals surface area contributed by atoms with Gasteiger partial charge in [-0.3, -0.25) is 0 Å². The summed E-state index contributed by atoms with van der Waals surface area (Å²) < 4.78 is 8.88. The summed E-state index contributed by atoms with van der Waals surface area (Å²) in [7, 11) is -4.64. The molecule has 0 aliphatic rings. The topological polar surface area (TPSA) is 196 Å². The Morgan fingerprint density at radius 2 is 1.25 bits per heavy atom. The third kappa shape index (κ3) is 23.8. The summed E-state index contributed by atoms with van der Waals surface area (Å²) in [6.07, 6.45) is 0.169. The first-order chi connectivity index (χ1) is 11.0. The van der Waals surface area contributed by atoms with E-state index < -0.39 is 38.8 Å². The van der Waals surface area contributed by atoms with E-state index in [1.165, 1.54) is 32.1 Å². The van der Waals surface area contributed by atoms with Crippen LogP contribution in [-0.4, -0.2) is 77.5 Å². The lowest BCUT2D eigenvalue weighted by Gasteiger charge is -2.22. The molecule has 0 saturated heterocycles. The van der Waals surface area contributed by atoms with Crippen LogP contribution in [-0.2, 0) is 9.36 Å². The van der Waals surface area contributed by atoms with E-state index in [1.807, 2.05) is 0 Å². The summed E-state index contributed by atoms with van der Waals surface area (Å²) in [6, 6.07) is 0. The van der Waals surface area contributed by atoms with Gasteiger partial charge in [0, 0.05) is 0 Å². The van der Waals surface area contributed by atoms with Crippen molar-refractivity contribution in [3.63, 3.8) is 0 Å². The molecule has 0 saturated carbocycles. The van der Waals surface area contributed by atoms with Gasteiger partial charge in [-0.15, -0.1) is 0 Å². The Hall–Kier alpha value is -0.420. The monoisotopic (exact) mass is 378 g/mol. The van der Waals surface area contributed by atoms with Gasteiger partial charge in [0.25, 0.3) is 0 Å². The fourth-order valence-corrected chi connectivity index (χ4v) is 1.29. The molecule has 0 heterocycles. The van der Waals surface area contributed by atoms with Gasteiger partial charge in [-0.1, -0.05) is 46.0 Å². The van der Waals surface area contributed by atoms with Gasteiger partial charge in [0.1, 0.15) is 24.4 Å². The van der Waals surface area contributed by atoms with Crippen LogP contribution in [0, 0.1) is 0 Å². The molecular weight excluding hydrogens is 347 g/mol. The van der Waals surface area contributed by atoms with Gasteiger partial charge in [0.2, 0.25) is 0 Å². The fraction of sp³-hybridized carbons (Fsp3) is 0.923. The maximum Gasteiger partial charge on any atom is 0.466 e. The molecule has 0 bridgehead atoms. The zero-order valence-corrected chi connectivity index (χ0v) is 14.9. The summed E-state index contributed by atoms with van der Waals surface area (Å²) in [5.41, 5.74) is 0. The van der Waals surface area contributed by atoms with Gasteiger partial charge in [0.05, 0.1) is 6.61 Å². The van der Waals surface area contributed by atoms with Crippen LogP contribution in [0.5, 0.6) is 0 Å². The lowest BCUT2D eigenvalue weighted by molar-refractivity contribution is -0.136. The molecule has 11 heteroatoms. The number of unbranched alkanes of at least 4 members (excludes halogenated alkanes) is 4. The van der Waals surface area contributed by atoms with Crippen molar-refractivity contribution in [3.8, 4) is 0 Å². The quantitative estimate of drug-likeness (QED) is 0.135. The number of aliphatic hydroxyl groups excluding tert-OH is 5. The highest BCUT2D eigenvalue weighted by atomic mass is 31.2. The second-order valence-electron chi connectivity index (χ2n) is 4.93. The van der Waals surface area contributed by atoms with Crippen LogP contribution in [0.25, 0.3) is 0 Å². The lowest BCUT2D eigenvalue weighted by atomic mass is 10.0. The van der Waals surface area contributed by atoms with Gasteiger partial charge < -0.3 is 45.0 Å². The Bertz CT molecular complexity index is 310. The zero-order chi connectivity index (χ0) is 19.8. The second-order valence-corrected chi connectivity index (χ2v) is 5.96. The van der Waals surface area contributed by atoms with Gasteiger partial charge >= 0.3 is 7.82 Å². The van der Waals surface area contributed by atoms with Crippen LogP contribution in [0.1, 0.15) is 46.0 Å². The van der Waals surface area contributed by atoms with Crippen molar-refractivity contribution >= 4 is 14.1 Å². The second kappa shape index (κ2) is 17.4. The molecule has 4 atom stereocenters. The van der Waals surface area contributed by atoms with E-state index in [-0.39, 0.29) is 6.29 Å². The first kappa shape index (κ1) is 28.4. The third-order valence-corrected chi connectivity index (χ3v) is 2.63. The van der Waals surface area contributed by atoms with E-state index in [4.69, 9.17) is 44.8 Å². The Kier molecular flexibility index (Phi) is 20.6. The largest absolute Gasteiger partial charge is 0.466 e. The van der Waals surface area contributed by atoms with Gasteiger partial charge in [-0.25, -0.2) is 4.57 Å². The highest BCUT2D eigenvalue weighted by Gasteiger charge is 2.29. The lowest BCUT2D eigenvalue weighted by Crippen LogP contribution is -2.46. The first-order valence-corrected chi connectivity index (χ1v) is 9.09. The van der Waals surface area contributed by atoms with Gasteiger partial charge in [-0.2, -0.15) is 0 Å². The van der Waals surface area contributed by atoms with E-state index in [1.54, 1.807) is 0 Å². The van der Waals surface area contributed by atoms with E-state index in [2.05, 4.69) is 13.8 Å². The predicted octanol–water partition coefficient (Wildman–Crippen LogP) is -1.33. The third-order valence-electron chi connectivity index (χ3n) is 2.63. The Morgan fingerprint density at radius 1 is 0.875 bits per heavy atom. The van der Waals surface area contributed by atoms with Crippen molar-refractivity contribution in [3.05, 3.63) is 0 Å². The number of rotatable bonds is 9. The summed E-state index contributed by atoms with van der Waals surface area (Å²) in [5.74, 6) is 0. The van der Waals surface area contributed by atoms with Crippen LogP contribution in [0.3, 0.4) is 0 Å². The standard InChI is InChI=1S/C7H16.C6H12O6.H3O4P/c1-3-5-7-6-4-2;7-1-3(9)5(11)6(12)4(10)2-8;1-5(2,3)4/h3-7H2,1-2H3;1,3-6,8-12H,2H2;(H3,1,2,3,4)/t;3-,4+,5+,6+;/m.0./s1. The SMILES string of the molecule is CCCCCCC.O=C[C@H](O)[C@@H](O)[C@H](O)[C@H](O)CO.O=P(O)(O)O. The predicted molar refractivity (Wildman–Crippen MR) is 85.9 cm³/mol. The molecule has 10 nitrogen and oxygen atoms in total. The van der Waals surface area contributed by atoms with E-state index in [0.29, 0.717) is 0 Å². The van der Waals surface area contributed by atoms with Gasteiger partial charge in [0.15, 0.2) is 6.29 Å². The average Bonchev–Trinajstić information content (AvgIpc) is 2.51. The molecule has 0 aromatic carbocycles. The average molecular weight is 378 g/mol. The minimum Gasteiger partial charge on any atom is -0.394 e. The molecule has 0 rings (SSSR count). The normalized spacial score (nSPS) is 15.8. The highest BCUT2D eigenvalue weighted by molar-refractivity contribution is 7.45. The Morgan fingerprint density at radius 3 is 1.50 bits per heavy atom. The maximum atomic E-state index is 9.90. The number of carbonyl (C=O) groups excluding carboxylic acids is 1. The first-order valence-electron chi connectivity index (χ1n) is 7.52. The molecule has 0 aromatic rings. The van der Waals surface area contributed by atoms with E-state index in [0.717, 1.165) is 0 Å². The van der Waals surface area contributed by atoms with E-state index in [9.17, 15) is 4.79 Å². The van der Waals surface area contributed by atoms with Crippen LogP contribution in [0.2, 0.25) is 0 Å². The van der Waals surface area contributed by atoms with Crippen molar-refractivity contribution in [1.29, 1.82) is 0 Å². The van der Waals surface area contributed by atoms with Crippen molar-refractivity contribution in [2.24, 2.45) is 0 Å². The summed E-state index contributed by atoms with van der Waals surface area (Å²) >= 11 is 0. The number of aliphatic hydroxyl groups is 5. The zero-order valence-electron chi connectivity index (χ0n) is 14.0. The molecule has 0 aromatic heterocycles. The number of hydrogen-bond acceptors (Lipinski definition) is 7. The molecule has 148 valence electrons. The van der Waals surface area contributed by atoms with Crippen molar-refractivity contribution in [2.45, 2.75) is 70.4 Å². The number of carbonyl (C=O) groups is 1. The fourth-order valence-electron chi connectivity index (χ4n) is 1.29. The molecule has 24 heavy (non-hydrogen) atoms. The van der Waals surface area contributed by atoms with Crippen LogP contribution < -0.4 is 0 Å². The Balaban J connectivity index is -0.000000311. The molecule has 0 aliphatic carbocycles. The molecule has 0 aliphatic heterocycles. The molecule has 0 amide bonds. The van der Waals surface area contributed by atoms with Crippen LogP contribution in [0.4, 0.5) is 0 Å². The molecule has 8 N–H and O–H groups in total. The summed E-state index contributed by atoms with van der Waals surface area (Å²) in [5, 5.41) is 43.5. The minimum absolute atomic E-state index is 0.0258. The van der Waals surface area contributed by atoms with Gasteiger partial charge in [-0.05, 0) is 0 Å². The van der Waals surface area contributed by atoms with Crippen molar-refractivity contribution in [2.75, 3.05) is 6.61 Å². The number of hydrogen-bond donors (Lipinski definition) is 8. The molecule has 0 radical (unpaired) electrons. The molecule has 0 spiro atoms. The maximum absolute atomic E-state index is 9.90. The van der Waals surface area contributed by atoms with Crippen molar-refractivity contribution < 1.29 is 49.6 Å². The smallest absolute Gasteiger partial charge is 0.394 e. The Labute approximate surface area is 141 Å². The van der Waals surface area contributed by atoms with Crippen molar-refractivity contribution in [1.82, 2.24) is 0 Å². The highest BCUT2D eigenvalue weighted by Crippen LogP contribution is 2.25. The van der Waals surface area contributed by atoms with E-state index >= 15 is 0 Å². The number of aldehydes is 1. The molecular formula is C13H31O10P. The van der Waals surface area contributed by atoms with Crippen LogP contribution >= 0.6 is 7.82 Å². The summed E-state index contributed by atoms with van der Waals surface area (Å²) in [6.45, 7) is 3.73.